The van der Waals surface area contributed by atoms with Crippen molar-refractivity contribution in [3.63, 3.8) is 0 Å². The Bertz CT molecular complexity index is 350. The van der Waals surface area contributed by atoms with E-state index in [1.807, 2.05) is 0 Å². The van der Waals surface area contributed by atoms with Crippen LogP contribution < -0.4 is 5.11 Å². The van der Waals surface area contributed by atoms with Crippen molar-refractivity contribution in [1.29, 1.82) is 0 Å². The van der Waals surface area contributed by atoms with Gasteiger partial charge in [0.05, 0.1) is 0 Å². The molecule has 82 valence electrons. The first-order valence-electron chi connectivity index (χ1n) is 6.37. The summed E-state index contributed by atoms with van der Waals surface area (Å²) in [6, 6.07) is 0. The lowest BCUT2D eigenvalue weighted by atomic mass is 9.49. The Labute approximate surface area is 90.1 Å². The van der Waals surface area contributed by atoms with Crippen LogP contribution in [0.3, 0.4) is 0 Å². The molecule has 4 aliphatic carbocycles. The van der Waals surface area contributed by atoms with Gasteiger partial charge in [-0.1, -0.05) is 6.92 Å². The maximum Gasteiger partial charge on any atom is 0.0451 e. The smallest absolute Gasteiger partial charge is 0.0451 e. The molecule has 0 radical (unpaired) electrons. The van der Waals surface area contributed by atoms with Crippen LogP contribution in [0.25, 0.3) is 0 Å². The summed E-state index contributed by atoms with van der Waals surface area (Å²) in [5.74, 6) is 3.28. The van der Waals surface area contributed by atoms with Crippen LogP contribution in [0, 0.1) is 40.9 Å². The third kappa shape index (κ3) is 0.724. The van der Waals surface area contributed by atoms with E-state index in [1.54, 1.807) is 0 Å². The van der Waals surface area contributed by atoms with E-state index in [9.17, 15) is 9.90 Å². The molecule has 0 aromatic heterocycles. The normalized spacial score (nSPS) is 64.1. The highest BCUT2D eigenvalue weighted by atomic mass is 16.4. The van der Waals surface area contributed by atoms with Crippen molar-refractivity contribution >= 4 is 5.97 Å². The number of hydrogen-bond donors (Lipinski definition) is 0. The van der Waals surface area contributed by atoms with E-state index in [0.29, 0.717) is 5.92 Å². The summed E-state index contributed by atoms with van der Waals surface area (Å²) in [6.07, 6.45) is 5.13. The van der Waals surface area contributed by atoms with Gasteiger partial charge in [0.15, 0.2) is 0 Å². The Morgan fingerprint density at radius 3 is 2.73 bits per heavy atom. The summed E-state index contributed by atoms with van der Waals surface area (Å²) in [5, 5.41) is 11.0. The van der Waals surface area contributed by atoms with E-state index in [4.69, 9.17) is 0 Å². The van der Waals surface area contributed by atoms with Crippen molar-refractivity contribution in [1.82, 2.24) is 0 Å². The number of carbonyl (C=O) groups excluding carboxylic acids is 1. The van der Waals surface area contributed by atoms with Crippen LogP contribution in [0.15, 0.2) is 0 Å². The highest BCUT2D eigenvalue weighted by molar-refractivity contribution is 5.73. The second-order valence-corrected chi connectivity index (χ2v) is 6.41. The van der Waals surface area contributed by atoms with Crippen molar-refractivity contribution < 1.29 is 9.90 Å². The van der Waals surface area contributed by atoms with Gasteiger partial charge in [-0.3, -0.25) is 0 Å². The van der Waals surface area contributed by atoms with Crippen LogP contribution in [0.2, 0.25) is 0 Å². The number of hydrogen-bond acceptors (Lipinski definition) is 2. The second kappa shape index (κ2) is 2.26. The number of carboxylic acids is 1. The molecule has 0 unspecified atom stereocenters. The molecule has 0 aromatic rings. The highest BCUT2D eigenvalue weighted by Gasteiger charge is 2.77. The van der Waals surface area contributed by atoms with Crippen LogP contribution in [-0.4, -0.2) is 5.97 Å². The summed E-state index contributed by atoms with van der Waals surface area (Å²) in [5.41, 5.74) is 0.212. The average molecular weight is 205 g/mol. The van der Waals surface area contributed by atoms with Gasteiger partial charge in [0, 0.05) is 11.9 Å². The molecule has 4 saturated carbocycles. The fourth-order valence-corrected chi connectivity index (χ4v) is 5.86. The lowest BCUT2D eigenvalue weighted by molar-refractivity contribution is -0.310. The van der Waals surface area contributed by atoms with Gasteiger partial charge in [-0.2, -0.15) is 0 Å². The van der Waals surface area contributed by atoms with Gasteiger partial charge < -0.3 is 9.90 Å². The first-order chi connectivity index (χ1) is 7.16. The molecule has 1 spiro atoms. The van der Waals surface area contributed by atoms with Crippen LogP contribution in [0.1, 0.15) is 32.6 Å². The molecule has 4 fully saturated rings. The summed E-state index contributed by atoms with van der Waals surface area (Å²) in [6.45, 7) is 2.30. The van der Waals surface area contributed by atoms with E-state index in [2.05, 4.69) is 6.92 Å². The third-order valence-corrected chi connectivity index (χ3v) is 6.36. The average Bonchev–Trinajstić information content (AvgIpc) is 2.75. The lowest BCUT2D eigenvalue weighted by Crippen LogP contribution is -2.52. The minimum absolute atomic E-state index is 0.0897. The maximum absolute atomic E-state index is 11.0. The van der Waals surface area contributed by atoms with E-state index in [-0.39, 0.29) is 11.3 Å². The molecular formula is C13H17O2-. The van der Waals surface area contributed by atoms with Crippen molar-refractivity contribution in [3.8, 4) is 0 Å². The van der Waals surface area contributed by atoms with Gasteiger partial charge in [0.2, 0.25) is 0 Å². The van der Waals surface area contributed by atoms with Gasteiger partial charge >= 0.3 is 0 Å². The van der Waals surface area contributed by atoms with Gasteiger partial charge in [-0.25, -0.2) is 0 Å². The SMILES string of the molecule is C[C@H]1[C@@H]2[C@@H]3CC[C@H](C3)[C@@H]2[C@@]12C[C@@H]2C(=O)[O-]. The summed E-state index contributed by atoms with van der Waals surface area (Å²) in [4.78, 5) is 11.0. The van der Waals surface area contributed by atoms with Gasteiger partial charge in [0.25, 0.3) is 0 Å². The molecule has 2 bridgehead atoms. The van der Waals surface area contributed by atoms with Gasteiger partial charge in [-0.05, 0) is 60.7 Å². The number of carbonyl (C=O) groups is 1. The Hall–Kier alpha value is -0.530. The van der Waals surface area contributed by atoms with Gasteiger partial charge in [-0.15, -0.1) is 0 Å². The minimum atomic E-state index is -0.775. The largest absolute Gasteiger partial charge is 0.550 e. The standard InChI is InChI=1S/C13H18O2/c1-6-10-7-2-3-8(4-7)11(10)13(6)5-9(13)12(14)15/h6-11H,2-5H2,1H3,(H,14,15)/p-1/t6-,7+,8+,9+,10+,11-,13-/m0/s1. The van der Waals surface area contributed by atoms with E-state index in [0.717, 1.165) is 30.1 Å². The molecule has 2 heteroatoms. The zero-order chi connectivity index (χ0) is 10.4. The Kier molecular flexibility index (Phi) is 1.29. The number of aliphatic carboxylic acids is 1. The summed E-state index contributed by atoms with van der Waals surface area (Å²) < 4.78 is 0. The Balaban J connectivity index is 1.67. The van der Waals surface area contributed by atoms with Crippen molar-refractivity contribution in [3.05, 3.63) is 0 Å². The predicted molar refractivity (Wildman–Crippen MR) is 52.5 cm³/mol. The third-order valence-electron chi connectivity index (χ3n) is 6.36. The molecule has 0 N–H and O–H groups in total. The summed E-state index contributed by atoms with van der Waals surface area (Å²) in [7, 11) is 0. The lowest BCUT2D eigenvalue weighted by Gasteiger charge is -2.55. The minimum Gasteiger partial charge on any atom is -0.550 e. The fraction of sp³-hybridized carbons (Fsp3) is 0.923. The predicted octanol–water partition coefficient (Wildman–Crippen LogP) is 1.05. The van der Waals surface area contributed by atoms with E-state index < -0.39 is 5.97 Å². The Morgan fingerprint density at radius 1 is 1.33 bits per heavy atom. The maximum atomic E-state index is 11.0. The molecule has 15 heavy (non-hydrogen) atoms. The molecule has 7 atom stereocenters. The molecule has 0 heterocycles. The van der Waals surface area contributed by atoms with Crippen LogP contribution in [0.4, 0.5) is 0 Å². The second-order valence-electron chi connectivity index (χ2n) is 6.41. The molecule has 4 rings (SSSR count). The monoisotopic (exact) mass is 205 g/mol. The van der Waals surface area contributed by atoms with E-state index >= 15 is 0 Å². The van der Waals surface area contributed by atoms with E-state index in [1.165, 1.54) is 19.3 Å². The Morgan fingerprint density at radius 2 is 2.07 bits per heavy atom. The zero-order valence-electron chi connectivity index (χ0n) is 9.11. The molecule has 0 aliphatic heterocycles. The summed E-state index contributed by atoms with van der Waals surface area (Å²) >= 11 is 0. The van der Waals surface area contributed by atoms with Crippen LogP contribution >= 0.6 is 0 Å². The highest BCUT2D eigenvalue weighted by Crippen LogP contribution is 2.81. The first-order valence-corrected chi connectivity index (χ1v) is 6.37. The molecule has 0 amide bonds. The first kappa shape index (κ1) is 8.60. The zero-order valence-corrected chi connectivity index (χ0v) is 9.11. The molecular weight excluding hydrogens is 188 g/mol. The fourth-order valence-electron chi connectivity index (χ4n) is 5.86. The van der Waals surface area contributed by atoms with Gasteiger partial charge in [0.1, 0.15) is 0 Å². The number of carboxylic acid groups (broad SMARTS) is 1. The molecule has 0 saturated heterocycles. The molecule has 0 aromatic carbocycles. The number of fused-ring (bicyclic) bond motifs is 6. The van der Waals surface area contributed by atoms with Crippen LogP contribution in [-0.2, 0) is 4.79 Å². The van der Waals surface area contributed by atoms with Crippen molar-refractivity contribution in [2.24, 2.45) is 40.9 Å². The van der Waals surface area contributed by atoms with Crippen molar-refractivity contribution in [2.75, 3.05) is 0 Å². The topological polar surface area (TPSA) is 40.1 Å². The quantitative estimate of drug-likeness (QED) is 0.642. The molecule has 4 aliphatic rings. The van der Waals surface area contributed by atoms with Crippen molar-refractivity contribution in [2.45, 2.75) is 32.6 Å². The number of rotatable bonds is 1. The molecule has 2 nitrogen and oxygen atoms in total. The van der Waals surface area contributed by atoms with Crippen LogP contribution in [0.5, 0.6) is 0 Å².